The number of aryl methyl sites for hydroxylation is 1. The summed E-state index contributed by atoms with van der Waals surface area (Å²) in [5.41, 5.74) is 4.09. The number of hydrogen-bond acceptors (Lipinski definition) is 7. The first-order valence-corrected chi connectivity index (χ1v) is 12.3. The van der Waals surface area contributed by atoms with Crippen molar-refractivity contribution in [2.24, 2.45) is 5.10 Å². The fraction of sp³-hybridized carbons (Fsp3) is 0.200. The van der Waals surface area contributed by atoms with Crippen molar-refractivity contribution >= 4 is 27.8 Å². The minimum Gasteiger partial charge on any atom is -0.508 e. The molecule has 0 aliphatic rings. The van der Waals surface area contributed by atoms with Gasteiger partial charge in [0, 0.05) is 18.7 Å². The predicted molar refractivity (Wildman–Crippen MR) is 133 cm³/mol. The maximum Gasteiger partial charge on any atom is 0.264 e. The molecule has 3 rings (SSSR count). The molecule has 0 unspecified atom stereocenters. The molecule has 0 fully saturated rings. The Morgan fingerprint density at radius 2 is 1.74 bits per heavy atom. The number of phenolic OH excluding ortho intramolecular Hbond substituents is 2. The Morgan fingerprint density at radius 1 is 1.06 bits per heavy atom. The van der Waals surface area contributed by atoms with Crippen molar-refractivity contribution in [1.29, 1.82) is 0 Å². The Labute approximate surface area is 204 Å². The average Bonchev–Trinajstić information content (AvgIpc) is 2.82. The van der Waals surface area contributed by atoms with Crippen molar-refractivity contribution in [1.82, 2.24) is 5.43 Å². The van der Waals surface area contributed by atoms with Crippen molar-refractivity contribution in [2.75, 3.05) is 17.5 Å². The number of hydrazone groups is 1. The summed E-state index contributed by atoms with van der Waals surface area (Å²) in [4.78, 5) is 12.6. The van der Waals surface area contributed by atoms with E-state index in [1.54, 1.807) is 36.4 Å². The number of rotatable bonds is 10. The van der Waals surface area contributed by atoms with Crippen LogP contribution in [0.4, 0.5) is 5.69 Å². The highest BCUT2D eigenvalue weighted by atomic mass is 32.2. The average molecular weight is 498 g/mol. The molecule has 0 heterocycles. The molecule has 1 amide bonds. The molecule has 0 aliphatic carbocycles. The molecule has 0 saturated carbocycles. The summed E-state index contributed by atoms with van der Waals surface area (Å²) < 4.78 is 33.2. The first kappa shape index (κ1) is 25.6. The van der Waals surface area contributed by atoms with E-state index in [-0.39, 0.29) is 22.8 Å². The van der Waals surface area contributed by atoms with Gasteiger partial charge in [0.05, 0.1) is 17.2 Å². The van der Waals surface area contributed by atoms with Gasteiger partial charge < -0.3 is 14.9 Å². The maximum atomic E-state index is 13.4. The number of nitrogens with zero attached hydrogens (tertiary/aromatic N) is 2. The number of anilines is 1. The van der Waals surface area contributed by atoms with E-state index in [4.69, 9.17) is 4.74 Å². The largest absolute Gasteiger partial charge is 0.508 e. The van der Waals surface area contributed by atoms with E-state index in [0.29, 0.717) is 23.6 Å². The second-order valence-electron chi connectivity index (χ2n) is 7.62. The van der Waals surface area contributed by atoms with E-state index in [1.807, 2.05) is 13.8 Å². The van der Waals surface area contributed by atoms with Gasteiger partial charge in [-0.3, -0.25) is 9.10 Å². The van der Waals surface area contributed by atoms with Crippen LogP contribution < -0.4 is 14.5 Å². The molecule has 3 aromatic carbocycles. The first-order chi connectivity index (χ1) is 16.7. The molecule has 35 heavy (non-hydrogen) atoms. The lowest BCUT2D eigenvalue weighted by Gasteiger charge is -2.24. The van der Waals surface area contributed by atoms with Gasteiger partial charge in [0.2, 0.25) is 0 Å². The predicted octanol–water partition coefficient (Wildman–Crippen LogP) is 3.34. The number of nitrogens with one attached hydrogen (secondary N) is 1. The van der Waals surface area contributed by atoms with Gasteiger partial charge in [0.1, 0.15) is 23.8 Å². The van der Waals surface area contributed by atoms with E-state index < -0.39 is 22.5 Å². The van der Waals surface area contributed by atoms with Crippen LogP contribution in [0.15, 0.2) is 76.7 Å². The van der Waals surface area contributed by atoms with Gasteiger partial charge in [-0.25, -0.2) is 13.8 Å². The molecule has 0 bridgehead atoms. The molecule has 0 saturated heterocycles. The van der Waals surface area contributed by atoms with Crippen LogP contribution >= 0.6 is 0 Å². The van der Waals surface area contributed by atoms with Crippen LogP contribution in [-0.4, -0.2) is 43.9 Å². The smallest absolute Gasteiger partial charge is 0.264 e. The van der Waals surface area contributed by atoms with E-state index in [1.165, 1.54) is 36.5 Å². The van der Waals surface area contributed by atoms with E-state index >= 15 is 0 Å². The van der Waals surface area contributed by atoms with E-state index in [0.717, 1.165) is 9.87 Å². The molecule has 0 aromatic heterocycles. The second-order valence-corrected chi connectivity index (χ2v) is 9.48. The first-order valence-electron chi connectivity index (χ1n) is 10.8. The minimum absolute atomic E-state index is 0.0145. The number of benzene rings is 3. The normalized spacial score (nSPS) is 11.4. The van der Waals surface area contributed by atoms with Crippen LogP contribution in [-0.2, 0) is 21.2 Å². The summed E-state index contributed by atoms with van der Waals surface area (Å²) in [6.07, 6.45) is 1.56. The van der Waals surface area contributed by atoms with Gasteiger partial charge in [-0.05, 0) is 61.9 Å². The molecular weight excluding hydrogens is 470 g/mol. The third kappa shape index (κ3) is 6.73. The summed E-state index contributed by atoms with van der Waals surface area (Å²) >= 11 is 0. The van der Waals surface area contributed by atoms with Crippen molar-refractivity contribution in [3.63, 3.8) is 0 Å². The lowest BCUT2D eigenvalue weighted by molar-refractivity contribution is -0.119. The fourth-order valence-electron chi connectivity index (χ4n) is 3.18. The van der Waals surface area contributed by atoms with Crippen LogP contribution in [0.2, 0.25) is 0 Å². The van der Waals surface area contributed by atoms with Crippen molar-refractivity contribution < 1.29 is 28.2 Å². The minimum atomic E-state index is -4.07. The molecular formula is C25H27N3O6S. The number of amides is 1. The fourth-order valence-corrected chi connectivity index (χ4v) is 4.60. The van der Waals surface area contributed by atoms with Crippen LogP contribution in [0.3, 0.4) is 0 Å². The number of hydrogen-bond donors (Lipinski definition) is 3. The molecule has 0 aliphatic heterocycles. The molecule has 3 N–H and O–H groups in total. The van der Waals surface area contributed by atoms with Gasteiger partial charge in [-0.15, -0.1) is 0 Å². The SMILES string of the molecule is CCOc1ccc(S(=O)(=O)N(CC(=O)N/N=C/Cc2ccc(O)cc2O)c2ccc(C)cc2)cc1. The van der Waals surface area contributed by atoms with Gasteiger partial charge >= 0.3 is 0 Å². The Morgan fingerprint density at radius 3 is 2.37 bits per heavy atom. The standard InChI is InChI=1S/C25H27N3O6S/c1-3-34-22-10-12-23(13-11-22)35(32,33)28(20-7-4-18(2)5-8-20)17-25(31)27-26-15-14-19-6-9-21(29)16-24(19)30/h4-13,15-16,29-30H,3,14,17H2,1-2H3,(H,27,31)/b26-15+. The third-order valence-electron chi connectivity index (χ3n) is 4.99. The molecule has 0 radical (unpaired) electrons. The Kier molecular flexibility index (Phi) is 8.32. The summed E-state index contributed by atoms with van der Waals surface area (Å²) in [5, 5.41) is 23.0. The summed E-state index contributed by atoms with van der Waals surface area (Å²) in [7, 11) is -4.07. The lowest BCUT2D eigenvalue weighted by Crippen LogP contribution is -2.39. The summed E-state index contributed by atoms with van der Waals surface area (Å²) in [6, 6.07) is 16.9. The van der Waals surface area contributed by atoms with Crippen molar-refractivity contribution in [2.45, 2.75) is 25.2 Å². The number of ether oxygens (including phenoxy) is 1. The lowest BCUT2D eigenvalue weighted by atomic mass is 10.1. The summed E-state index contributed by atoms with van der Waals surface area (Å²) in [6.45, 7) is 3.66. The highest BCUT2D eigenvalue weighted by molar-refractivity contribution is 7.92. The van der Waals surface area contributed by atoms with E-state index in [2.05, 4.69) is 10.5 Å². The molecule has 0 atom stereocenters. The summed E-state index contributed by atoms with van der Waals surface area (Å²) in [5.74, 6) is -0.275. The number of phenols is 2. The highest BCUT2D eigenvalue weighted by Crippen LogP contribution is 2.26. The van der Waals surface area contributed by atoms with Crippen LogP contribution in [0.1, 0.15) is 18.1 Å². The second kappa shape index (κ2) is 11.4. The number of carbonyl (C=O) groups is 1. The van der Waals surface area contributed by atoms with Crippen molar-refractivity contribution in [3.8, 4) is 17.2 Å². The van der Waals surface area contributed by atoms with E-state index in [9.17, 15) is 23.4 Å². The number of carbonyl (C=O) groups excluding carboxylic acids is 1. The van der Waals surface area contributed by atoms with Crippen LogP contribution in [0.5, 0.6) is 17.2 Å². The molecule has 9 nitrogen and oxygen atoms in total. The zero-order valence-electron chi connectivity index (χ0n) is 19.4. The topological polar surface area (TPSA) is 129 Å². The van der Waals surface area contributed by atoms with Crippen molar-refractivity contribution in [3.05, 3.63) is 77.9 Å². The van der Waals surface area contributed by atoms with Gasteiger partial charge in [0.15, 0.2) is 0 Å². The quantitative estimate of drug-likeness (QED) is 0.291. The van der Waals surface area contributed by atoms with Crippen LogP contribution in [0.25, 0.3) is 0 Å². The third-order valence-corrected chi connectivity index (χ3v) is 6.78. The maximum absolute atomic E-state index is 13.4. The highest BCUT2D eigenvalue weighted by Gasteiger charge is 2.27. The zero-order chi connectivity index (χ0) is 25.4. The molecule has 10 heteroatoms. The number of aromatic hydroxyl groups is 2. The monoisotopic (exact) mass is 497 g/mol. The molecule has 184 valence electrons. The van der Waals surface area contributed by atoms with Crippen LogP contribution in [0, 0.1) is 6.92 Å². The Balaban J connectivity index is 1.76. The molecule has 3 aromatic rings. The number of sulfonamides is 1. The van der Waals surface area contributed by atoms with Gasteiger partial charge in [-0.1, -0.05) is 23.8 Å². The van der Waals surface area contributed by atoms with Gasteiger partial charge in [-0.2, -0.15) is 5.10 Å². The zero-order valence-corrected chi connectivity index (χ0v) is 20.2. The Bertz CT molecular complexity index is 1290. The molecule has 0 spiro atoms. The van der Waals surface area contributed by atoms with Gasteiger partial charge in [0.25, 0.3) is 15.9 Å². The Hall–Kier alpha value is -4.05.